The van der Waals surface area contributed by atoms with E-state index in [0.29, 0.717) is 31.0 Å². The quantitative estimate of drug-likeness (QED) is 0.735. The Bertz CT molecular complexity index is 461. The summed E-state index contributed by atoms with van der Waals surface area (Å²) in [6, 6.07) is 0. The highest BCUT2D eigenvalue weighted by Crippen LogP contribution is 2.19. The summed E-state index contributed by atoms with van der Waals surface area (Å²) in [7, 11) is 5.56. The first kappa shape index (κ1) is 17.7. The van der Waals surface area contributed by atoms with Crippen LogP contribution in [0.4, 0.5) is 0 Å². The molecule has 6 heteroatoms. The molecule has 0 saturated heterocycles. The van der Waals surface area contributed by atoms with Gasteiger partial charge in [-0.25, -0.2) is 0 Å². The number of ether oxygens (including phenoxy) is 1. The summed E-state index contributed by atoms with van der Waals surface area (Å²) < 4.78 is 7.00. The van der Waals surface area contributed by atoms with Crippen molar-refractivity contribution in [2.75, 3.05) is 34.3 Å². The molecule has 0 saturated carbocycles. The Morgan fingerprint density at radius 2 is 2.10 bits per heavy atom. The highest BCUT2D eigenvalue weighted by Gasteiger charge is 2.20. The Balaban J connectivity index is 2.74. The van der Waals surface area contributed by atoms with Crippen molar-refractivity contribution in [3.05, 3.63) is 11.9 Å². The van der Waals surface area contributed by atoms with E-state index in [4.69, 9.17) is 4.74 Å². The second kappa shape index (κ2) is 7.56. The molecule has 120 valence electrons. The van der Waals surface area contributed by atoms with Gasteiger partial charge in [0.2, 0.25) is 0 Å². The third kappa shape index (κ3) is 5.85. The number of aromatic nitrogens is 2. The number of nitrogens with zero attached hydrogens (tertiary/aromatic N) is 3. The predicted molar refractivity (Wildman–Crippen MR) is 84.0 cm³/mol. The molecule has 0 bridgehead atoms. The highest BCUT2D eigenvalue weighted by atomic mass is 16.5. The van der Waals surface area contributed by atoms with Crippen molar-refractivity contribution in [3.8, 4) is 5.75 Å². The van der Waals surface area contributed by atoms with Crippen LogP contribution in [0.15, 0.2) is 6.20 Å². The zero-order valence-electron chi connectivity index (χ0n) is 14.1. The van der Waals surface area contributed by atoms with Crippen molar-refractivity contribution in [3.63, 3.8) is 0 Å². The molecule has 0 aliphatic heterocycles. The molecule has 1 N–H and O–H groups in total. The second-order valence-corrected chi connectivity index (χ2v) is 6.44. The first-order valence-corrected chi connectivity index (χ1v) is 7.27. The molecule has 1 rings (SSSR count). The van der Waals surface area contributed by atoms with Gasteiger partial charge in [-0.1, -0.05) is 0 Å². The Hall–Kier alpha value is -1.40. The minimum absolute atomic E-state index is 0.00946. The van der Waals surface area contributed by atoms with Crippen LogP contribution in [-0.4, -0.2) is 60.3 Å². The molecule has 0 fully saturated rings. The van der Waals surface area contributed by atoms with Crippen molar-refractivity contribution < 1.29 is 9.53 Å². The molecule has 0 amide bonds. The van der Waals surface area contributed by atoms with Crippen LogP contribution in [0.25, 0.3) is 0 Å². The maximum absolute atomic E-state index is 12.4. The molecule has 0 spiro atoms. The Kier molecular flexibility index (Phi) is 6.36. The normalized spacial score (nSPS) is 12.0. The summed E-state index contributed by atoms with van der Waals surface area (Å²) in [5.74, 6) is 0.606. The molecule has 1 heterocycles. The van der Waals surface area contributed by atoms with Crippen molar-refractivity contribution in [1.29, 1.82) is 0 Å². The van der Waals surface area contributed by atoms with Crippen molar-refractivity contribution >= 4 is 5.78 Å². The molecule has 0 aromatic carbocycles. The Morgan fingerprint density at radius 3 is 2.62 bits per heavy atom. The fraction of sp³-hybridized carbons (Fsp3) is 0.733. The minimum Gasteiger partial charge on any atom is -0.493 e. The molecule has 21 heavy (non-hydrogen) atoms. The summed E-state index contributed by atoms with van der Waals surface area (Å²) in [4.78, 5) is 14.5. The van der Waals surface area contributed by atoms with Crippen LogP contribution in [-0.2, 0) is 6.54 Å². The Morgan fingerprint density at radius 1 is 1.43 bits per heavy atom. The van der Waals surface area contributed by atoms with E-state index in [2.05, 4.69) is 36.1 Å². The van der Waals surface area contributed by atoms with Gasteiger partial charge in [-0.15, -0.1) is 0 Å². The Labute approximate surface area is 127 Å². The van der Waals surface area contributed by atoms with Crippen LogP contribution in [0.3, 0.4) is 0 Å². The average molecular weight is 296 g/mol. The molecular weight excluding hydrogens is 268 g/mol. The van der Waals surface area contributed by atoms with Gasteiger partial charge in [0.25, 0.3) is 0 Å². The van der Waals surface area contributed by atoms with E-state index < -0.39 is 0 Å². The van der Waals surface area contributed by atoms with E-state index in [1.54, 1.807) is 18.0 Å². The molecule has 1 aromatic heterocycles. The lowest BCUT2D eigenvalue weighted by atomic mass is 10.1. The summed E-state index contributed by atoms with van der Waals surface area (Å²) in [5.41, 5.74) is 0.574. The van der Waals surface area contributed by atoms with Crippen molar-refractivity contribution in [2.45, 2.75) is 39.3 Å². The first-order chi connectivity index (χ1) is 9.74. The van der Waals surface area contributed by atoms with Crippen LogP contribution in [0.5, 0.6) is 5.75 Å². The van der Waals surface area contributed by atoms with E-state index in [0.717, 1.165) is 6.54 Å². The number of carbonyl (C=O) groups is 1. The summed E-state index contributed by atoms with van der Waals surface area (Å²) in [6.07, 6.45) is 2.04. The van der Waals surface area contributed by atoms with E-state index in [1.165, 1.54) is 0 Å². The van der Waals surface area contributed by atoms with Gasteiger partial charge in [0, 0.05) is 25.0 Å². The standard InChI is InChI=1S/C15H28N4O2/c1-15(2,3)16-8-7-12(20)14-13(21-6)11-17-19(14)10-9-18(4)5/h11,16H,7-10H2,1-6H3. The van der Waals surface area contributed by atoms with Crippen LogP contribution in [0.2, 0.25) is 0 Å². The lowest BCUT2D eigenvalue weighted by molar-refractivity contribution is 0.0966. The van der Waals surface area contributed by atoms with E-state index in [9.17, 15) is 4.79 Å². The highest BCUT2D eigenvalue weighted by molar-refractivity contribution is 5.97. The van der Waals surface area contributed by atoms with Crippen LogP contribution in [0, 0.1) is 0 Å². The maximum atomic E-state index is 12.4. The summed E-state index contributed by atoms with van der Waals surface area (Å²) >= 11 is 0. The van der Waals surface area contributed by atoms with Crippen LogP contribution in [0.1, 0.15) is 37.7 Å². The predicted octanol–water partition coefficient (Wildman–Crippen LogP) is 1.41. The molecule has 0 atom stereocenters. The number of Topliss-reactive ketones (excluding diaryl/α,β-unsaturated/α-hetero) is 1. The van der Waals surface area contributed by atoms with Crippen LogP contribution < -0.4 is 10.1 Å². The van der Waals surface area contributed by atoms with E-state index in [-0.39, 0.29) is 11.3 Å². The third-order valence-electron chi connectivity index (χ3n) is 3.06. The topological polar surface area (TPSA) is 59.4 Å². The molecule has 0 aliphatic rings. The molecule has 1 aromatic rings. The molecule has 0 radical (unpaired) electrons. The van der Waals surface area contributed by atoms with Gasteiger partial charge < -0.3 is 15.0 Å². The third-order valence-corrected chi connectivity index (χ3v) is 3.06. The molecular formula is C15H28N4O2. The van der Waals surface area contributed by atoms with Gasteiger partial charge in [0.05, 0.1) is 19.9 Å². The van der Waals surface area contributed by atoms with Crippen molar-refractivity contribution in [1.82, 2.24) is 20.0 Å². The number of carbonyl (C=O) groups excluding carboxylic acids is 1. The monoisotopic (exact) mass is 296 g/mol. The van der Waals surface area contributed by atoms with E-state index in [1.807, 2.05) is 14.1 Å². The number of methoxy groups -OCH3 is 1. The molecule has 6 nitrogen and oxygen atoms in total. The largest absolute Gasteiger partial charge is 0.493 e. The smallest absolute Gasteiger partial charge is 0.185 e. The van der Waals surface area contributed by atoms with Crippen LogP contribution >= 0.6 is 0 Å². The van der Waals surface area contributed by atoms with Crippen molar-refractivity contribution in [2.24, 2.45) is 0 Å². The number of rotatable bonds is 8. The first-order valence-electron chi connectivity index (χ1n) is 7.27. The zero-order chi connectivity index (χ0) is 16.0. The zero-order valence-corrected chi connectivity index (χ0v) is 14.1. The molecule has 0 aliphatic carbocycles. The van der Waals surface area contributed by atoms with Gasteiger partial charge in [0.1, 0.15) is 5.69 Å². The fourth-order valence-corrected chi connectivity index (χ4v) is 1.93. The van der Waals surface area contributed by atoms with Gasteiger partial charge in [0.15, 0.2) is 11.5 Å². The minimum atomic E-state index is 0.00946. The number of hydrogen-bond donors (Lipinski definition) is 1. The summed E-state index contributed by atoms with van der Waals surface area (Å²) in [5, 5.41) is 7.58. The molecule has 0 unspecified atom stereocenters. The number of nitrogens with one attached hydrogen (secondary N) is 1. The van der Waals surface area contributed by atoms with Gasteiger partial charge in [-0.05, 0) is 34.9 Å². The number of ketones is 1. The second-order valence-electron chi connectivity index (χ2n) is 6.44. The summed E-state index contributed by atoms with van der Waals surface area (Å²) in [6.45, 7) is 8.39. The maximum Gasteiger partial charge on any atom is 0.185 e. The number of hydrogen-bond acceptors (Lipinski definition) is 5. The lowest BCUT2D eigenvalue weighted by Crippen LogP contribution is -2.37. The number of likely N-dealkylation sites (N-methyl/N-ethyl adjacent to an activating group) is 1. The van der Waals surface area contributed by atoms with Gasteiger partial charge in [-0.3, -0.25) is 9.48 Å². The average Bonchev–Trinajstić information content (AvgIpc) is 2.77. The van der Waals surface area contributed by atoms with E-state index >= 15 is 0 Å². The van der Waals surface area contributed by atoms with Gasteiger partial charge in [-0.2, -0.15) is 5.10 Å². The van der Waals surface area contributed by atoms with Gasteiger partial charge >= 0.3 is 0 Å². The lowest BCUT2D eigenvalue weighted by Gasteiger charge is -2.20. The SMILES string of the molecule is COc1cnn(CCN(C)C)c1C(=O)CCNC(C)(C)C. The fourth-order valence-electron chi connectivity index (χ4n) is 1.93.